The second-order valence-corrected chi connectivity index (χ2v) is 8.13. The number of benzene rings is 2. The molecule has 0 spiro atoms. The fourth-order valence-corrected chi connectivity index (χ4v) is 4.11. The normalized spacial score (nSPS) is 15.8. The van der Waals surface area contributed by atoms with E-state index in [4.69, 9.17) is 31.5 Å². The number of aliphatic carboxylic acids is 1. The predicted octanol–water partition coefficient (Wildman–Crippen LogP) is 4.35. The summed E-state index contributed by atoms with van der Waals surface area (Å²) in [7, 11) is 1.46. The summed E-state index contributed by atoms with van der Waals surface area (Å²) in [5.74, 6) is 0.0845. The van der Waals surface area contributed by atoms with E-state index in [2.05, 4.69) is 0 Å². The number of hydrogen-bond donors (Lipinski definition) is 1. The second kappa shape index (κ2) is 9.84. The summed E-state index contributed by atoms with van der Waals surface area (Å²) in [5.41, 5.74) is 1.36. The van der Waals surface area contributed by atoms with Gasteiger partial charge in [0.15, 0.2) is 21.9 Å². The van der Waals surface area contributed by atoms with E-state index >= 15 is 0 Å². The summed E-state index contributed by atoms with van der Waals surface area (Å²) in [4.78, 5) is 25.9. The molecule has 1 aliphatic heterocycles. The monoisotopic (exact) mass is 459 g/mol. The number of methoxy groups -OCH3 is 1. The molecule has 0 saturated carbocycles. The first-order chi connectivity index (χ1) is 14.8. The molecule has 1 atom stereocenters. The van der Waals surface area contributed by atoms with Gasteiger partial charge in [-0.05, 0) is 61.9 Å². The van der Waals surface area contributed by atoms with Crippen molar-refractivity contribution < 1.29 is 28.9 Å². The molecule has 162 valence electrons. The van der Waals surface area contributed by atoms with Crippen molar-refractivity contribution in [1.82, 2.24) is 0 Å². The first-order valence-corrected chi connectivity index (χ1v) is 10.6. The van der Waals surface area contributed by atoms with E-state index in [1.807, 2.05) is 6.92 Å². The van der Waals surface area contributed by atoms with E-state index in [1.165, 1.54) is 30.7 Å². The molecule has 31 heavy (non-hydrogen) atoms. The fourth-order valence-electron chi connectivity index (χ4n) is 2.81. The van der Waals surface area contributed by atoms with Gasteiger partial charge in [0, 0.05) is 0 Å². The topological polar surface area (TPSA) is 85.3 Å². The SMILES string of the molecule is CCOc1ccc(N2C(=O)/C(=C\c3ccc(OC(C)C(=O)O)c(OC)c3)SC2=S)cc1. The minimum atomic E-state index is -1.08. The Labute approximate surface area is 189 Å². The number of thiocarbonyl (C=S) groups is 1. The molecule has 1 N–H and O–H groups in total. The number of carbonyl (C=O) groups excluding carboxylic acids is 1. The van der Waals surface area contributed by atoms with Crippen LogP contribution in [0.25, 0.3) is 6.08 Å². The Morgan fingerprint density at radius 1 is 1.23 bits per heavy atom. The average Bonchev–Trinajstić information content (AvgIpc) is 3.02. The minimum Gasteiger partial charge on any atom is -0.494 e. The van der Waals surface area contributed by atoms with Gasteiger partial charge in [0.1, 0.15) is 5.75 Å². The smallest absolute Gasteiger partial charge is 0.344 e. The number of amides is 1. The Morgan fingerprint density at radius 3 is 2.55 bits per heavy atom. The second-order valence-electron chi connectivity index (χ2n) is 6.45. The van der Waals surface area contributed by atoms with Gasteiger partial charge in [-0.3, -0.25) is 9.69 Å². The predicted molar refractivity (Wildman–Crippen MR) is 124 cm³/mol. The molecule has 9 heteroatoms. The third-order valence-electron chi connectivity index (χ3n) is 4.34. The highest BCUT2D eigenvalue weighted by molar-refractivity contribution is 8.27. The molecule has 0 bridgehead atoms. The van der Waals surface area contributed by atoms with Crippen LogP contribution in [0.5, 0.6) is 17.2 Å². The Kier molecular flexibility index (Phi) is 7.19. The van der Waals surface area contributed by atoms with Crippen molar-refractivity contribution in [1.29, 1.82) is 0 Å². The maximum absolute atomic E-state index is 13.0. The van der Waals surface area contributed by atoms with E-state index < -0.39 is 12.1 Å². The zero-order chi connectivity index (χ0) is 22.5. The van der Waals surface area contributed by atoms with Crippen molar-refractivity contribution >= 4 is 51.9 Å². The fraction of sp³-hybridized carbons (Fsp3) is 0.227. The molecule has 1 saturated heterocycles. The summed E-state index contributed by atoms with van der Waals surface area (Å²) >= 11 is 6.62. The molecule has 1 aliphatic rings. The van der Waals surface area contributed by atoms with Gasteiger partial charge in [-0.25, -0.2) is 4.79 Å². The molecular weight excluding hydrogens is 438 g/mol. The van der Waals surface area contributed by atoms with Gasteiger partial charge in [-0.15, -0.1) is 0 Å². The van der Waals surface area contributed by atoms with Crippen molar-refractivity contribution in [2.75, 3.05) is 18.6 Å². The molecule has 0 aromatic heterocycles. The molecule has 2 aromatic rings. The van der Waals surface area contributed by atoms with Crippen LogP contribution in [0, 0.1) is 0 Å². The van der Waals surface area contributed by atoms with Gasteiger partial charge >= 0.3 is 5.97 Å². The first-order valence-electron chi connectivity index (χ1n) is 9.42. The summed E-state index contributed by atoms with van der Waals surface area (Å²) < 4.78 is 16.6. The quantitative estimate of drug-likeness (QED) is 0.461. The van der Waals surface area contributed by atoms with Crippen molar-refractivity contribution in [2.24, 2.45) is 0 Å². The van der Waals surface area contributed by atoms with Gasteiger partial charge in [0.2, 0.25) is 0 Å². The number of ether oxygens (including phenoxy) is 3. The van der Waals surface area contributed by atoms with Crippen LogP contribution in [0.4, 0.5) is 5.69 Å². The average molecular weight is 460 g/mol. The van der Waals surface area contributed by atoms with Crippen molar-refractivity contribution in [3.8, 4) is 17.2 Å². The Balaban J connectivity index is 1.83. The van der Waals surface area contributed by atoms with Crippen LogP contribution < -0.4 is 19.1 Å². The zero-order valence-electron chi connectivity index (χ0n) is 17.2. The lowest BCUT2D eigenvalue weighted by Gasteiger charge is -2.15. The maximum Gasteiger partial charge on any atom is 0.344 e. The largest absolute Gasteiger partial charge is 0.494 e. The maximum atomic E-state index is 13.0. The van der Waals surface area contributed by atoms with Crippen LogP contribution in [-0.2, 0) is 9.59 Å². The molecule has 1 fully saturated rings. The van der Waals surface area contributed by atoms with Gasteiger partial charge in [0.05, 0.1) is 24.3 Å². The summed E-state index contributed by atoms with van der Waals surface area (Å²) in [6.07, 6.45) is 0.686. The molecule has 7 nitrogen and oxygen atoms in total. The van der Waals surface area contributed by atoms with Gasteiger partial charge in [-0.2, -0.15) is 0 Å². The van der Waals surface area contributed by atoms with Crippen LogP contribution >= 0.6 is 24.0 Å². The van der Waals surface area contributed by atoms with Crippen LogP contribution in [0.2, 0.25) is 0 Å². The van der Waals surface area contributed by atoms with E-state index in [0.29, 0.717) is 38.6 Å². The standard InChI is InChI=1S/C22H21NO6S2/c1-4-28-16-8-6-15(7-9-16)23-20(24)19(31-22(23)30)12-14-5-10-17(18(11-14)27-3)29-13(2)21(25)26/h5-13H,4H2,1-3H3,(H,25,26)/b19-12+. The molecule has 1 amide bonds. The van der Waals surface area contributed by atoms with Crippen LogP contribution in [-0.4, -0.2) is 41.1 Å². The number of anilines is 1. The van der Waals surface area contributed by atoms with Crippen LogP contribution in [0.15, 0.2) is 47.4 Å². The molecular formula is C22H21NO6S2. The van der Waals surface area contributed by atoms with Crippen molar-refractivity contribution in [3.05, 3.63) is 52.9 Å². The number of hydrogen-bond acceptors (Lipinski definition) is 7. The molecule has 1 heterocycles. The van der Waals surface area contributed by atoms with E-state index in [-0.39, 0.29) is 5.91 Å². The highest BCUT2D eigenvalue weighted by Gasteiger charge is 2.33. The van der Waals surface area contributed by atoms with Gasteiger partial charge < -0.3 is 19.3 Å². The number of carboxylic acid groups (broad SMARTS) is 1. The number of thioether (sulfide) groups is 1. The third-order valence-corrected chi connectivity index (χ3v) is 5.64. The molecule has 1 unspecified atom stereocenters. The number of rotatable bonds is 8. The van der Waals surface area contributed by atoms with Crippen molar-refractivity contribution in [3.63, 3.8) is 0 Å². The minimum absolute atomic E-state index is 0.224. The highest BCUT2D eigenvalue weighted by Crippen LogP contribution is 2.37. The Morgan fingerprint density at radius 2 is 1.94 bits per heavy atom. The van der Waals surface area contributed by atoms with Crippen molar-refractivity contribution in [2.45, 2.75) is 20.0 Å². The van der Waals surface area contributed by atoms with E-state index in [0.717, 1.165) is 5.75 Å². The lowest BCUT2D eigenvalue weighted by atomic mass is 10.1. The lowest BCUT2D eigenvalue weighted by Crippen LogP contribution is -2.27. The van der Waals surface area contributed by atoms with Gasteiger partial charge in [0.25, 0.3) is 5.91 Å². The third kappa shape index (κ3) is 5.18. The molecule has 0 radical (unpaired) electrons. The lowest BCUT2D eigenvalue weighted by molar-refractivity contribution is -0.144. The summed E-state index contributed by atoms with van der Waals surface area (Å²) in [5, 5.41) is 9.03. The Bertz CT molecular complexity index is 1030. The van der Waals surface area contributed by atoms with Crippen LogP contribution in [0.3, 0.4) is 0 Å². The molecule has 0 aliphatic carbocycles. The summed E-state index contributed by atoms with van der Waals surface area (Å²) in [6.45, 7) is 3.90. The summed E-state index contributed by atoms with van der Waals surface area (Å²) in [6, 6.07) is 12.2. The van der Waals surface area contributed by atoms with Crippen LogP contribution in [0.1, 0.15) is 19.4 Å². The zero-order valence-corrected chi connectivity index (χ0v) is 18.8. The van der Waals surface area contributed by atoms with Gasteiger partial charge in [-0.1, -0.05) is 30.0 Å². The molecule has 2 aromatic carbocycles. The highest BCUT2D eigenvalue weighted by atomic mass is 32.2. The Hall–Kier alpha value is -3.04. The molecule has 3 rings (SSSR count). The van der Waals surface area contributed by atoms with E-state index in [9.17, 15) is 9.59 Å². The van der Waals surface area contributed by atoms with E-state index in [1.54, 1.807) is 48.5 Å². The number of carboxylic acids is 1. The first kappa shape index (κ1) is 22.6. The number of nitrogens with zero attached hydrogens (tertiary/aromatic N) is 1. The number of carbonyl (C=O) groups is 2.